The summed E-state index contributed by atoms with van der Waals surface area (Å²) in [6, 6.07) is 0. The zero-order chi connectivity index (χ0) is 9.26. The Labute approximate surface area is 78.4 Å². The van der Waals surface area contributed by atoms with Crippen molar-refractivity contribution in [3.8, 4) is 0 Å². The molecule has 4 heteroatoms. The number of hydrogen-bond acceptors (Lipinski definition) is 4. The Morgan fingerprint density at radius 3 is 2.77 bits per heavy atom. The van der Waals surface area contributed by atoms with E-state index in [1.54, 1.807) is 11.6 Å². The van der Waals surface area contributed by atoms with Crippen molar-refractivity contribution in [2.24, 2.45) is 0 Å². The second-order valence-electron chi connectivity index (χ2n) is 2.50. The van der Waals surface area contributed by atoms with Crippen LogP contribution in [0, 0.1) is 0 Å². The lowest BCUT2D eigenvalue weighted by molar-refractivity contribution is -0.113. The average Bonchev–Trinajstić information content (AvgIpc) is 2.61. The monoisotopic (exact) mass is 191 g/mol. The Bertz CT molecular complexity index is 415. The van der Waals surface area contributed by atoms with Crippen LogP contribution in [0.2, 0.25) is 0 Å². The van der Waals surface area contributed by atoms with E-state index in [1.165, 1.54) is 29.6 Å². The molecule has 0 amide bonds. The molecule has 0 saturated heterocycles. The van der Waals surface area contributed by atoms with Crippen molar-refractivity contribution in [3.63, 3.8) is 0 Å². The number of carbonyl (C=O) groups excluding carboxylic acids is 2. The second-order valence-corrected chi connectivity index (χ2v) is 3.39. The quantitative estimate of drug-likeness (QED) is 0.627. The molecule has 1 aliphatic carbocycles. The standard InChI is InChI=1S/C9H5NO2S/c11-6-1-2-8(12)7(5-6)9-10-3-4-13-9/h1-5H. The van der Waals surface area contributed by atoms with Crippen molar-refractivity contribution < 1.29 is 9.59 Å². The molecule has 0 atom stereocenters. The third kappa shape index (κ3) is 1.48. The number of hydrogen-bond donors (Lipinski definition) is 0. The lowest BCUT2D eigenvalue weighted by Gasteiger charge is -2.01. The highest BCUT2D eigenvalue weighted by molar-refractivity contribution is 7.11. The number of carbonyl (C=O) groups is 2. The summed E-state index contributed by atoms with van der Waals surface area (Å²) in [4.78, 5) is 26.2. The van der Waals surface area contributed by atoms with Crippen LogP contribution >= 0.6 is 11.3 Å². The first kappa shape index (κ1) is 8.07. The second kappa shape index (κ2) is 3.06. The molecule has 0 fully saturated rings. The maximum absolute atomic E-state index is 11.3. The lowest BCUT2D eigenvalue weighted by atomic mass is 10.0. The average molecular weight is 191 g/mol. The van der Waals surface area contributed by atoms with Crippen LogP contribution < -0.4 is 0 Å². The molecule has 0 aromatic carbocycles. The van der Waals surface area contributed by atoms with Gasteiger partial charge in [-0.15, -0.1) is 11.3 Å². The van der Waals surface area contributed by atoms with Gasteiger partial charge < -0.3 is 0 Å². The van der Waals surface area contributed by atoms with Gasteiger partial charge in [-0.05, 0) is 18.2 Å². The molecule has 0 bridgehead atoms. The van der Waals surface area contributed by atoms with Crippen LogP contribution in [0.25, 0.3) is 5.57 Å². The van der Waals surface area contributed by atoms with E-state index in [0.717, 1.165) is 0 Å². The molecule has 13 heavy (non-hydrogen) atoms. The van der Waals surface area contributed by atoms with Crippen molar-refractivity contribution in [3.05, 3.63) is 34.8 Å². The highest BCUT2D eigenvalue weighted by Gasteiger charge is 2.16. The van der Waals surface area contributed by atoms with Crippen LogP contribution in [0.3, 0.4) is 0 Å². The summed E-state index contributed by atoms with van der Waals surface area (Å²) < 4.78 is 0. The number of nitrogens with zero attached hydrogens (tertiary/aromatic N) is 1. The smallest absolute Gasteiger partial charge is 0.189 e. The van der Waals surface area contributed by atoms with Crippen LogP contribution in [0.4, 0.5) is 0 Å². The summed E-state index contributed by atoms with van der Waals surface area (Å²) in [6.45, 7) is 0. The first-order valence-electron chi connectivity index (χ1n) is 3.65. The highest BCUT2D eigenvalue weighted by atomic mass is 32.1. The van der Waals surface area contributed by atoms with Crippen LogP contribution in [0.1, 0.15) is 5.01 Å². The maximum Gasteiger partial charge on any atom is 0.189 e. The van der Waals surface area contributed by atoms with Gasteiger partial charge in [0.05, 0.1) is 5.57 Å². The third-order valence-corrected chi connectivity index (χ3v) is 2.42. The Balaban J connectivity index is 2.44. The summed E-state index contributed by atoms with van der Waals surface area (Å²) in [5.74, 6) is -0.320. The minimum absolute atomic E-state index is 0.158. The number of rotatable bonds is 1. The fraction of sp³-hybridized carbons (Fsp3) is 0. The lowest BCUT2D eigenvalue weighted by Crippen LogP contribution is -2.06. The van der Waals surface area contributed by atoms with Gasteiger partial charge in [0.25, 0.3) is 0 Å². The molecular formula is C9H5NO2S. The molecule has 0 radical (unpaired) electrons. The number of thiazole rings is 1. The molecular weight excluding hydrogens is 186 g/mol. The third-order valence-electron chi connectivity index (χ3n) is 1.61. The van der Waals surface area contributed by atoms with E-state index in [4.69, 9.17) is 0 Å². The molecule has 0 aliphatic heterocycles. The summed E-state index contributed by atoms with van der Waals surface area (Å²) in [6.07, 6.45) is 5.47. The van der Waals surface area contributed by atoms with Crippen LogP contribution in [0.15, 0.2) is 29.8 Å². The van der Waals surface area contributed by atoms with Gasteiger partial charge in [-0.2, -0.15) is 0 Å². The van der Waals surface area contributed by atoms with E-state index in [0.29, 0.717) is 10.6 Å². The van der Waals surface area contributed by atoms with Crippen molar-refractivity contribution in [1.29, 1.82) is 0 Å². The summed E-state index contributed by atoms with van der Waals surface area (Å²) in [5, 5.41) is 2.37. The Kier molecular flexibility index (Phi) is 1.90. The zero-order valence-electron chi connectivity index (χ0n) is 6.56. The zero-order valence-corrected chi connectivity index (χ0v) is 7.38. The van der Waals surface area contributed by atoms with E-state index in [-0.39, 0.29) is 11.6 Å². The molecule has 1 aromatic rings. The van der Waals surface area contributed by atoms with E-state index < -0.39 is 0 Å². The fourth-order valence-electron chi connectivity index (χ4n) is 1.03. The van der Waals surface area contributed by atoms with Gasteiger partial charge >= 0.3 is 0 Å². The minimum atomic E-state index is -0.162. The van der Waals surface area contributed by atoms with Crippen LogP contribution in [-0.2, 0) is 9.59 Å². The van der Waals surface area contributed by atoms with Crippen molar-refractivity contribution in [2.45, 2.75) is 0 Å². The summed E-state index contributed by atoms with van der Waals surface area (Å²) >= 11 is 1.35. The predicted molar refractivity (Wildman–Crippen MR) is 49.2 cm³/mol. The van der Waals surface area contributed by atoms with Crippen molar-refractivity contribution in [2.75, 3.05) is 0 Å². The molecule has 1 heterocycles. The molecule has 0 spiro atoms. The molecule has 0 unspecified atom stereocenters. The summed E-state index contributed by atoms with van der Waals surface area (Å²) in [5.41, 5.74) is 0.391. The van der Waals surface area contributed by atoms with E-state index in [2.05, 4.69) is 4.98 Å². The molecule has 3 nitrogen and oxygen atoms in total. The van der Waals surface area contributed by atoms with E-state index in [1.807, 2.05) is 0 Å². The van der Waals surface area contributed by atoms with Crippen molar-refractivity contribution >= 4 is 28.5 Å². The Hall–Kier alpha value is -1.55. The molecule has 2 rings (SSSR count). The van der Waals surface area contributed by atoms with Gasteiger partial charge in [0.15, 0.2) is 11.6 Å². The van der Waals surface area contributed by atoms with Gasteiger partial charge in [-0.3, -0.25) is 9.59 Å². The fourth-order valence-corrected chi connectivity index (χ4v) is 1.69. The van der Waals surface area contributed by atoms with E-state index in [9.17, 15) is 9.59 Å². The molecule has 0 N–H and O–H groups in total. The number of allylic oxidation sites excluding steroid dienone is 4. The molecule has 1 aliphatic rings. The van der Waals surface area contributed by atoms with Crippen LogP contribution in [0.5, 0.6) is 0 Å². The van der Waals surface area contributed by atoms with Gasteiger partial charge in [0.2, 0.25) is 0 Å². The highest BCUT2D eigenvalue weighted by Crippen LogP contribution is 2.20. The normalized spacial score (nSPS) is 16.2. The SMILES string of the molecule is O=C1C=CC(=O)C(c2nccs2)=C1. The van der Waals surface area contributed by atoms with Gasteiger partial charge in [-0.1, -0.05) is 0 Å². The first-order chi connectivity index (χ1) is 6.27. The van der Waals surface area contributed by atoms with Gasteiger partial charge in [-0.25, -0.2) is 4.98 Å². The summed E-state index contributed by atoms with van der Waals surface area (Å²) in [7, 11) is 0. The topological polar surface area (TPSA) is 47.0 Å². The molecule has 0 saturated carbocycles. The first-order valence-corrected chi connectivity index (χ1v) is 4.53. The van der Waals surface area contributed by atoms with Crippen LogP contribution in [-0.4, -0.2) is 16.6 Å². The number of ketones is 2. The largest absolute Gasteiger partial charge is 0.290 e. The maximum atomic E-state index is 11.3. The Morgan fingerprint density at radius 2 is 2.08 bits per heavy atom. The van der Waals surface area contributed by atoms with Gasteiger partial charge in [0, 0.05) is 11.6 Å². The minimum Gasteiger partial charge on any atom is -0.290 e. The molecule has 64 valence electrons. The number of aromatic nitrogens is 1. The van der Waals surface area contributed by atoms with Crippen molar-refractivity contribution in [1.82, 2.24) is 4.98 Å². The van der Waals surface area contributed by atoms with E-state index >= 15 is 0 Å². The van der Waals surface area contributed by atoms with Gasteiger partial charge in [0.1, 0.15) is 5.01 Å². The Morgan fingerprint density at radius 1 is 1.23 bits per heavy atom. The predicted octanol–water partition coefficient (Wildman–Crippen LogP) is 1.23. The molecule has 1 aromatic heterocycles.